The highest BCUT2D eigenvalue weighted by Gasteiger charge is 2.41. The number of ether oxygens (including phenoxy) is 1. The van der Waals surface area contributed by atoms with Gasteiger partial charge in [-0.25, -0.2) is 0 Å². The van der Waals surface area contributed by atoms with Crippen LogP contribution in [0.25, 0.3) is 34.1 Å². The molecule has 52 heavy (non-hydrogen) atoms. The molecule has 5 aromatic rings. The quantitative estimate of drug-likeness (QED) is 0.173. The Labute approximate surface area is 305 Å². The zero-order valence-corrected chi connectivity index (χ0v) is 29.3. The van der Waals surface area contributed by atoms with Crippen molar-refractivity contribution in [2.24, 2.45) is 5.92 Å². The smallest absolute Gasteiger partial charge is 0.137 e. The summed E-state index contributed by atoms with van der Waals surface area (Å²) in [7, 11) is 0. The number of rotatable bonds is 5. The molecule has 0 spiro atoms. The third-order valence-corrected chi connectivity index (χ3v) is 12.4. The van der Waals surface area contributed by atoms with Crippen LogP contribution in [0.15, 0.2) is 144 Å². The summed E-state index contributed by atoms with van der Waals surface area (Å²) >= 11 is 0. The number of anilines is 1. The first-order valence-electron chi connectivity index (χ1n) is 19.2. The molecular weight excluding hydrogens is 637 g/mol. The van der Waals surface area contributed by atoms with Crippen molar-refractivity contribution in [3.8, 4) is 5.75 Å². The van der Waals surface area contributed by atoms with Gasteiger partial charge in [0, 0.05) is 46.3 Å². The van der Waals surface area contributed by atoms with Crippen molar-refractivity contribution in [3.63, 3.8) is 0 Å². The summed E-state index contributed by atoms with van der Waals surface area (Å²) in [6, 6.07) is 24.3. The van der Waals surface area contributed by atoms with Gasteiger partial charge in [0.25, 0.3) is 0 Å². The minimum Gasteiger partial charge on any atom is -0.489 e. The van der Waals surface area contributed by atoms with E-state index >= 15 is 0 Å². The molecule has 4 nitrogen and oxygen atoms in total. The zero-order chi connectivity index (χ0) is 34.2. The topological polar surface area (TPSA) is 30.5 Å². The predicted molar refractivity (Wildman–Crippen MR) is 213 cm³/mol. The van der Waals surface area contributed by atoms with Crippen LogP contribution in [0.1, 0.15) is 65.7 Å². The Morgan fingerprint density at radius 3 is 2.46 bits per heavy atom. The van der Waals surface area contributed by atoms with E-state index in [-0.39, 0.29) is 18.2 Å². The van der Waals surface area contributed by atoms with Gasteiger partial charge in [-0.05, 0) is 85.2 Å². The average molecular weight is 679 g/mol. The molecule has 6 unspecified atom stereocenters. The fraction of sp³-hybridized carbons (Fsp3) is 0.250. The van der Waals surface area contributed by atoms with Crippen molar-refractivity contribution >= 4 is 39.8 Å². The Morgan fingerprint density at radius 2 is 1.56 bits per heavy atom. The second-order valence-electron chi connectivity index (χ2n) is 15.3. The summed E-state index contributed by atoms with van der Waals surface area (Å²) in [6.45, 7) is 0. The predicted octanol–water partition coefficient (Wildman–Crippen LogP) is 11.2. The summed E-state index contributed by atoms with van der Waals surface area (Å²) in [5, 5.41) is 2.37. The maximum absolute atomic E-state index is 6.68. The van der Waals surface area contributed by atoms with E-state index in [1.807, 2.05) is 0 Å². The molecule has 11 rings (SSSR count). The minimum atomic E-state index is 0.112. The lowest BCUT2D eigenvalue weighted by molar-refractivity contribution is 0.194. The average Bonchev–Trinajstić information content (AvgIpc) is 3.88. The van der Waals surface area contributed by atoms with Crippen molar-refractivity contribution in [3.05, 3.63) is 167 Å². The Kier molecular flexibility index (Phi) is 6.99. The molecule has 2 aromatic heterocycles. The SMILES string of the molecule is C1=CCC(n2c3c(c4c2C=CC(N(c2cccc5oc6ccccc6c25)C2C=CC5c6ccccc6OC5C2)C4)CC(C2=CCCC=C2)C=C3)C=C1. The van der Waals surface area contributed by atoms with Gasteiger partial charge in [0.05, 0.1) is 23.5 Å². The van der Waals surface area contributed by atoms with Crippen molar-refractivity contribution in [2.45, 2.75) is 68.7 Å². The minimum absolute atomic E-state index is 0.112. The zero-order valence-electron chi connectivity index (χ0n) is 29.3. The van der Waals surface area contributed by atoms with Gasteiger partial charge in [0.1, 0.15) is 23.0 Å². The maximum atomic E-state index is 6.68. The summed E-state index contributed by atoms with van der Waals surface area (Å²) < 4.78 is 15.8. The van der Waals surface area contributed by atoms with Crippen molar-refractivity contribution < 1.29 is 9.15 Å². The molecule has 1 aliphatic heterocycles. The number of benzene rings is 3. The van der Waals surface area contributed by atoms with Crippen LogP contribution in [-0.2, 0) is 12.8 Å². The molecule has 0 saturated heterocycles. The van der Waals surface area contributed by atoms with Gasteiger partial charge in [-0.2, -0.15) is 0 Å². The number of para-hydroxylation sites is 2. The Morgan fingerprint density at radius 1 is 0.692 bits per heavy atom. The molecule has 3 heterocycles. The number of allylic oxidation sites excluding steroid dienone is 9. The second kappa shape index (κ2) is 12.1. The number of hydrogen-bond acceptors (Lipinski definition) is 3. The van der Waals surface area contributed by atoms with E-state index in [1.54, 1.807) is 0 Å². The first-order valence-corrected chi connectivity index (χ1v) is 19.2. The molecule has 0 amide bonds. The highest BCUT2D eigenvalue weighted by Crippen LogP contribution is 2.47. The lowest BCUT2D eigenvalue weighted by Crippen LogP contribution is -2.47. The molecule has 5 aliphatic carbocycles. The van der Waals surface area contributed by atoms with Gasteiger partial charge in [-0.3, -0.25) is 0 Å². The van der Waals surface area contributed by atoms with E-state index < -0.39 is 0 Å². The molecule has 6 atom stereocenters. The molecule has 0 bridgehead atoms. The van der Waals surface area contributed by atoms with Gasteiger partial charge in [0.15, 0.2) is 0 Å². The van der Waals surface area contributed by atoms with Crippen LogP contribution in [0.4, 0.5) is 5.69 Å². The number of aromatic nitrogens is 1. The van der Waals surface area contributed by atoms with Crippen LogP contribution in [0.5, 0.6) is 5.75 Å². The van der Waals surface area contributed by atoms with E-state index in [9.17, 15) is 0 Å². The van der Waals surface area contributed by atoms with E-state index in [0.717, 1.165) is 55.4 Å². The Hall–Kier alpha value is -5.48. The maximum Gasteiger partial charge on any atom is 0.137 e. The van der Waals surface area contributed by atoms with Crippen molar-refractivity contribution in [2.75, 3.05) is 4.90 Å². The third kappa shape index (κ3) is 4.73. The van der Waals surface area contributed by atoms with Gasteiger partial charge in [0.2, 0.25) is 0 Å². The molecule has 0 fully saturated rings. The lowest BCUT2D eigenvalue weighted by atomic mass is 9.81. The molecule has 0 radical (unpaired) electrons. The summed E-state index contributed by atoms with van der Waals surface area (Å²) in [5.41, 5.74) is 11.7. The van der Waals surface area contributed by atoms with E-state index in [4.69, 9.17) is 9.15 Å². The summed E-state index contributed by atoms with van der Waals surface area (Å²) in [5.74, 6) is 1.74. The molecule has 3 aromatic carbocycles. The Balaban J connectivity index is 1.04. The largest absolute Gasteiger partial charge is 0.489 e. The molecule has 4 heteroatoms. The molecule has 0 saturated carbocycles. The fourth-order valence-corrected chi connectivity index (χ4v) is 10.0. The number of fused-ring (bicyclic) bond motifs is 9. The van der Waals surface area contributed by atoms with Crippen LogP contribution < -0.4 is 9.64 Å². The highest BCUT2D eigenvalue weighted by atomic mass is 16.5. The van der Waals surface area contributed by atoms with Gasteiger partial charge in [-0.1, -0.05) is 109 Å². The van der Waals surface area contributed by atoms with E-state index in [2.05, 4.69) is 155 Å². The van der Waals surface area contributed by atoms with Crippen LogP contribution in [0.3, 0.4) is 0 Å². The fourth-order valence-electron chi connectivity index (χ4n) is 10.0. The van der Waals surface area contributed by atoms with Crippen LogP contribution in [0.2, 0.25) is 0 Å². The number of hydrogen-bond donors (Lipinski definition) is 0. The summed E-state index contributed by atoms with van der Waals surface area (Å²) in [6.07, 6.45) is 37.4. The first kappa shape index (κ1) is 30.2. The molecule has 256 valence electrons. The highest BCUT2D eigenvalue weighted by molar-refractivity contribution is 6.11. The number of nitrogens with zero attached hydrogens (tertiary/aromatic N) is 2. The lowest BCUT2D eigenvalue weighted by Gasteiger charge is -2.42. The van der Waals surface area contributed by atoms with Crippen LogP contribution in [0, 0.1) is 5.92 Å². The first-order chi connectivity index (χ1) is 25.8. The molecule has 6 aliphatic rings. The van der Waals surface area contributed by atoms with Crippen molar-refractivity contribution in [1.29, 1.82) is 0 Å². The van der Waals surface area contributed by atoms with Gasteiger partial charge in [-0.15, -0.1) is 0 Å². The normalized spacial score (nSPS) is 26.6. The van der Waals surface area contributed by atoms with E-state index in [1.165, 1.54) is 50.1 Å². The third-order valence-electron chi connectivity index (χ3n) is 12.4. The van der Waals surface area contributed by atoms with Gasteiger partial charge < -0.3 is 18.6 Å². The van der Waals surface area contributed by atoms with Crippen molar-refractivity contribution in [1.82, 2.24) is 4.57 Å². The Bertz CT molecular complexity index is 2460. The monoisotopic (exact) mass is 678 g/mol. The number of furan rings is 1. The van der Waals surface area contributed by atoms with Crippen LogP contribution in [-0.4, -0.2) is 22.8 Å². The van der Waals surface area contributed by atoms with Gasteiger partial charge >= 0.3 is 0 Å². The molecule has 0 N–H and O–H groups in total. The van der Waals surface area contributed by atoms with E-state index in [0.29, 0.717) is 17.9 Å². The second-order valence-corrected chi connectivity index (χ2v) is 15.3. The molecular formula is C48H42N2O2. The summed E-state index contributed by atoms with van der Waals surface area (Å²) in [4.78, 5) is 2.71. The van der Waals surface area contributed by atoms with Crippen LogP contribution >= 0.6 is 0 Å². The standard InChI is InChI=1S/C48H42N2O2/c1-3-12-31(13-4-1)32-22-26-41-39(28-32)40-29-34(24-27-42(40)50(41)33-14-5-2-6-15-33)49(35-23-25-37-36-16-7-9-19-44(36)52-47(37)30-35)43-18-11-21-46-48(43)38-17-8-10-20-45(38)51-46/h2-3,5-14,16-27,32-35,37,47H,1,4,15,28-30H2.